The highest BCUT2D eigenvalue weighted by atomic mass is 35.5. The second-order valence-corrected chi connectivity index (χ2v) is 6.56. The largest absolute Gasteiger partial charge is 0.380 e. The lowest BCUT2D eigenvalue weighted by atomic mass is 10.0. The lowest BCUT2D eigenvalue weighted by molar-refractivity contribution is 0.240. The Balaban J connectivity index is 1.91. The second-order valence-electron chi connectivity index (χ2n) is 5.75. The Labute approximate surface area is 135 Å². The topological polar surface area (TPSA) is 15.3 Å². The molecular weight excluding hydrogens is 310 g/mol. The Hall–Kier alpha value is -0.770. The highest BCUT2D eigenvalue weighted by molar-refractivity contribution is 6.39. The zero-order valence-corrected chi connectivity index (χ0v) is 13.9. The Kier molecular flexibility index (Phi) is 5.91. The third kappa shape index (κ3) is 4.87. The molecular formula is C16H21Cl2FN2. The number of hydrogen-bond acceptors (Lipinski definition) is 2. The first-order valence-corrected chi connectivity index (χ1v) is 7.98. The van der Waals surface area contributed by atoms with Gasteiger partial charge in [-0.15, -0.1) is 0 Å². The van der Waals surface area contributed by atoms with Crippen molar-refractivity contribution >= 4 is 28.9 Å². The molecule has 0 aliphatic carbocycles. The minimum Gasteiger partial charge on any atom is -0.380 e. The Morgan fingerprint density at radius 2 is 1.86 bits per heavy atom. The van der Waals surface area contributed by atoms with Gasteiger partial charge >= 0.3 is 0 Å². The molecule has 1 N–H and O–H groups in total. The number of benzene rings is 1. The van der Waals surface area contributed by atoms with Gasteiger partial charge in [0.15, 0.2) is 0 Å². The van der Waals surface area contributed by atoms with Crippen LogP contribution < -0.4 is 5.32 Å². The minimum atomic E-state index is -0.410. The second kappa shape index (κ2) is 7.48. The molecule has 2 rings (SSSR count). The summed E-state index contributed by atoms with van der Waals surface area (Å²) in [5.74, 6) is -0.410. The van der Waals surface area contributed by atoms with Gasteiger partial charge in [0.05, 0.1) is 15.7 Å². The van der Waals surface area contributed by atoms with Gasteiger partial charge in [-0.25, -0.2) is 4.39 Å². The van der Waals surface area contributed by atoms with Crippen LogP contribution in [0.5, 0.6) is 0 Å². The van der Waals surface area contributed by atoms with Crippen LogP contribution in [-0.2, 0) is 0 Å². The number of likely N-dealkylation sites (tertiary alicyclic amines) is 1. The van der Waals surface area contributed by atoms with E-state index in [1.165, 1.54) is 17.7 Å². The lowest BCUT2D eigenvalue weighted by Gasteiger charge is -2.32. The van der Waals surface area contributed by atoms with Gasteiger partial charge in [-0.05, 0) is 38.8 Å². The van der Waals surface area contributed by atoms with Crippen LogP contribution in [0.1, 0.15) is 26.7 Å². The number of allylic oxidation sites excluding steroid dienone is 1. The number of rotatable bonds is 4. The quantitative estimate of drug-likeness (QED) is 0.783. The van der Waals surface area contributed by atoms with Gasteiger partial charge in [0, 0.05) is 25.7 Å². The number of nitrogens with one attached hydrogen (secondary N) is 1. The highest BCUT2D eigenvalue weighted by Crippen LogP contribution is 2.33. The van der Waals surface area contributed by atoms with Gasteiger partial charge in [0.2, 0.25) is 0 Å². The van der Waals surface area contributed by atoms with Crippen molar-refractivity contribution in [3.8, 4) is 0 Å². The monoisotopic (exact) mass is 330 g/mol. The fraction of sp³-hybridized carbons (Fsp3) is 0.500. The summed E-state index contributed by atoms with van der Waals surface area (Å²) >= 11 is 12.1. The van der Waals surface area contributed by atoms with Gasteiger partial charge in [-0.3, -0.25) is 4.90 Å². The normalized spacial score (nSPS) is 16.8. The maximum Gasteiger partial charge on any atom is 0.126 e. The standard InChI is InChI=1S/C16H21Cl2FN2/c1-11(2)3-6-21-7-4-13(5-8-21)20-16-14(17)9-12(19)10-15(16)18/h3,9-10,13,20H,4-8H2,1-2H3. The van der Waals surface area contributed by atoms with Gasteiger partial charge in [-0.1, -0.05) is 34.9 Å². The van der Waals surface area contributed by atoms with E-state index in [1.54, 1.807) is 0 Å². The average Bonchev–Trinajstić information content (AvgIpc) is 2.41. The van der Waals surface area contributed by atoms with E-state index in [-0.39, 0.29) is 0 Å². The number of piperidine rings is 1. The van der Waals surface area contributed by atoms with Crippen molar-refractivity contribution < 1.29 is 4.39 Å². The van der Waals surface area contributed by atoms with Crippen molar-refractivity contribution in [2.75, 3.05) is 25.0 Å². The van der Waals surface area contributed by atoms with Crippen molar-refractivity contribution in [2.24, 2.45) is 0 Å². The van der Waals surface area contributed by atoms with Crippen LogP contribution in [-0.4, -0.2) is 30.6 Å². The molecule has 0 atom stereocenters. The van der Waals surface area contributed by atoms with Crippen molar-refractivity contribution in [3.05, 3.63) is 39.6 Å². The first kappa shape index (κ1) is 16.6. The average molecular weight is 331 g/mol. The molecule has 116 valence electrons. The maximum atomic E-state index is 13.2. The van der Waals surface area contributed by atoms with Crippen LogP contribution >= 0.6 is 23.2 Å². The van der Waals surface area contributed by atoms with Crippen LogP contribution in [0, 0.1) is 5.82 Å². The molecule has 1 aliphatic heterocycles. The summed E-state index contributed by atoms with van der Waals surface area (Å²) in [5.41, 5.74) is 1.99. The summed E-state index contributed by atoms with van der Waals surface area (Å²) in [5, 5.41) is 4.04. The minimum absolute atomic E-state index is 0.327. The third-order valence-corrected chi connectivity index (χ3v) is 4.30. The Morgan fingerprint density at radius 3 is 2.38 bits per heavy atom. The molecule has 1 saturated heterocycles. The van der Waals surface area contributed by atoms with Crippen molar-refractivity contribution in [2.45, 2.75) is 32.7 Å². The lowest BCUT2D eigenvalue weighted by Crippen LogP contribution is -2.39. The Bertz CT molecular complexity index is 496. The molecule has 1 aromatic rings. The fourth-order valence-electron chi connectivity index (χ4n) is 2.46. The molecule has 5 heteroatoms. The van der Waals surface area contributed by atoms with E-state index in [4.69, 9.17) is 23.2 Å². The third-order valence-electron chi connectivity index (χ3n) is 3.70. The van der Waals surface area contributed by atoms with Gasteiger partial charge < -0.3 is 5.32 Å². The number of hydrogen-bond donors (Lipinski definition) is 1. The highest BCUT2D eigenvalue weighted by Gasteiger charge is 2.20. The molecule has 0 saturated carbocycles. The molecule has 1 aliphatic rings. The zero-order chi connectivity index (χ0) is 15.4. The van der Waals surface area contributed by atoms with E-state index in [0.29, 0.717) is 21.8 Å². The first-order valence-electron chi connectivity index (χ1n) is 7.22. The SMILES string of the molecule is CC(C)=CCN1CCC(Nc2c(Cl)cc(F)cc2Cl)CC1. The Morgan fingerprint density at radius 1 is 1.29 bits per heavy atom. The van der Waals surface area contributed by atoms with E-state index >= 15 is 0 Å². The fourth-order valence-corrected chi connectivity index (χ4v) is 3.03. The number of nitrogens with zero attached hydrogens (tertiary/aromatic N) is 1. The summed E-state index contributed by atoms with van der Waals surface area (Å²) in [6.45, 7) is 7.32. The van der Waals surface area contributed by atoms with Crippen molar-refractivity contribution in [1.29, 1.82) is 0 Å². The molecule has 0 amide bonds. The van der Waals surface area contributed by atoms with Crippen LogP contribution in [0.15, 0.2) is 23.8 Å². The molecule has 2 nitrogen and oxygen atoms in total. The van der Waals surface area contributed by atoms with Crippen LogP contribution in [0.4, 0.5) is 10.1 Å². The number of halogens is 3. The molecule has 0 bridgehead atoms. The maximum absolute atomic E-state index is 13.2. The van der Waals surface area contributed by atoms with Crippen LogP contribution in [0.2, 0.25) is 10.0 Å². The molecule has 21 heavy (non-hydrogen) atoms. The van der Waals surface area contributed by atoms with Crippen LogP contribution in [0.3, 0.4) is 0 Å². The van der Waals surface area contributed by atoms with Gasteiger partial charge in [-0.2, -0.15) is 0 Å². The molecule has 1 heterocycles. The predicted molar refractivity (Wildman–Crippen MR) is 88.9 cm³/mol. The first-order chi connectivity index (χ1) is 9.95. The summed E-state index contributed by atoms with van der Waals surface area (Å²) in [6.07, 6.45) is 4.31. The summed E-state index contributed by atoms with van der Waals surface area (Å²) in [4.78, 5) is 2.43. The molecule has 0 spiro atoms. The van der Waals surface area contributed by atoms with Crippen LogP contribution in [0.25, 0.3) is 0 Å². The molecule has 0 aromatic heterocycles. The van der Waals surface area contributed by atoms with Gasteiger partial charge in [0.25, 0.3) is 0 Å². The van der Waals surface area contributed by atoms with Gasteiger partial charge in [0.1, 0.15) is 5.82 Å². The molecule has 1 fully saturated rings. The molecule has 0 radical (unpaired) electrons. The molecule has 1 aromatic carbocycles. The zero-order valence-electron chi connectivity index (χ0n) is 12.4. The van der Waals surface area contributed by atoms with E-state index < -0.39 is 5.82 Å². The molecule has 0 unspecified atom stereocenters. The van der Waals surface area contributed by atoms with E-state index in [0.717, 1.165) is 32.5 Å². The predicted octanol–water partition coefficient (Wildman–Crippen LogP) is 4.98. The summed E-state index contributed by atoms with van der Waals surface area (Å²) < 4.78 is 13.2. The van der Waals surface area contributed by atoms with Crippen molar-refractivity contribution in [1.82, 2.24) is 4.90 Å². The van der Waals surface area contributed by atoms with Crippen molar-refractivity contribution in [3.63, 3.8) is 0 Å². The summed E-state index contributed by atoms with van der Waals surface area (Å²) in [7, 11) is 0. The van der Waals surface area contributed by atoms with E-state index in [9.17, 15) is 4.39 Å². The van der Waals surface area contributed by atoms with E-state index in [1.807, 2.05) is 0 Å². The number of anilines is 1. The summed E-state index contributed by atoms with van der Waals surface area (Å²) in [6, 6.07) is 2.91. The smallest absolute Gasteiger partial charge is 0.126 e. The van der Waals surface area contributed by atoms with E-state index in [2.05, 4.69) is 30.1 Å².